The minimum atomic E-state index is -0.468. The number of nitrogens with two attached hydrogens (primary N) is 1. The molecule has 82 valence electrons. The summed E-state index contributed by atoms with van der Waals surface area (Å²) < 4.78 is 1.72. The SMILES string of the molecule is CCn1cc(NC(=O)C(C)C(N)=S)cn1. The van der Waals surface area contributed by atoms with Gasteiger partial charge in [-0.25, -0.2) is 0 Å². The van der Waals surface area contributed by atoms with Crippen LogP contribution in [0.4, 0.5) is 5.69 Å². The van der Waals surface area contributed by atoms with Crippen LogP contribution in [-0.2, 0) is 11.3 Å². The average Bonchev–Trinajstić information content (AvgIpc) is 2.64. The molecule has 1 heterocycles. The first-order valence-corrected chi connectivity index (χ1v) is 5.08. The van der Waals surface area contributed by atoms with E-state index in [1.54, 1.807) is 24.0 Å². The maximum Gasteiger partial charge on any atom is 0.234 e. The first kappa shape index (κ1) is 11.6. The van der Waals surface area contributed by atoms with Gasteiger partial charge in [0.2, 0.25) is 5.91 Å². The number of thiocarbonyl (C=S) groups is 1. The van der Waals surface area contributed by atoms with Crippen molar-refractivity contribution in [1.29, 1.82) is 0 Å². The minimum Gasteiger partial charge on any atom is -0.393 e. The van der Waals surface area contributed by atoms with E-state index in [4.69, 9.17) is 18.0 Å². The van der Waals surface area contributed by atoms with Gasteiger partial charge in [-0.3, -0.25) is 9.48 Å². The summed E-state index contributed by atoms with van der Waals surface area (Å²) in [5.74, 6) is -0.678. The smallest absolute Gasteiger partial charge is 0.234 e. The van der Waals surface area contributed by atoms with E-state index in [9.17, 15) is 4.79 Å². The Kier molecular flexibility index (Phi) is 3.79. The van der Waals surface area contributed by atoms with Crippen molar-refractivity contribution in [2.75, 3.05) is 5.32 Å². The Bertz CT molecular complexity index is 374. The summed E-state index contributed by atoms with van der Waals surface area (Å²) in [5, 5.41) is 6.72. The van der Waals surface area contributed by atoms with Crippen molar-refractivity contribution in [2.24, 2.45) is 11.7 Å². The molecule has 0 saturated heterocycles. The first-order chi connectivity index (χ1) is 7.04. The van der Waals surface area contributed by atoms with Crippen LogP contribution in [0.3, 0.4) is 0 Å². The zero-order valence-electron chi connectivity index (χ0n) is 8.73. The molecule has 5 nitrogen and oxygen atoms in total. The van der Waals surface area contributed by atoms with Crippen molar-refractivity contribution in [1.82, 2.24) is 9.78 Å². The summed E-state index contributed by atoms with van der Waals surface area (Å²) in [6.07, 6.45) is 3.35. The van der Waals surface area contributed by atoms with Crippen LogP contribution in [0, 0.1) is 5.92 Å². The van der Waals surface area contributed by atoms with Crippen molar-refractivity contribution >= 4 is 28.8 Å². The lowest BCUT2D eigenvalue weighted by Gasteiger charge is -2.08. The lowest BCUT2D eigenvalue weighted by molar-refractivity contribution is -0.117. The standard InChI is InChI=1S/C9H14N4OS/c1-3-13-5-7(4-11-13)12-9(14)6(2)8(10)15/h4-6H,3H2,1-2H3,(H2,10,15)(H,12,14). The molecule has 1 amide bonds. The third-order valence-corrected chi connectivity index (χ3v) is 2.40. The molecule has 0 fully saturated rings. The van der Waals surface area contributed by atoms with Crippen LogP contribution in [0.15, 0.2) is 12.4 Å². The van der Waals surface area contributed by atoms with Crippen molar-refractivity contribution in [3.05, 3.63) is 12.4 Å². The molecule has 6 heteroatoms. The van der Waals surface area contributed by atoms with Gasteiger partial charge in [0.15, 0.2) is 0 Å². The highest BCUT2D eigenvalue weighted by Crippen LogP contribution is 2.07. The Morgan fingerprint density at radius 1 is 1.80 bits per heavy atom. The highest BCUT2D eigenvalue weighted by atomic mass is 32.1. The van der Waals surface area contributed by atoms with E-state index in [0.717, 1.165) is 6.54 Å². The van der Waals surface area contributed by atoms with Gasteiger partial charge in [-0.15, -0.1) is 0 Å². The minimum absolute atomic E-state index is 0.190. The van der Waals surface area contributed by atoms with E-state index >= 15 is 0 Å². The normalized spacial score (nSPS) is 12.1. The molecule has 0 aromatic carbocycles. The number of hydrogen-bond donors (Lipinski definition) is 2. The Balaban J connectivity index is 2.62. The van der Waals surface area contributed by atoms with E-state index in [1.165, 1.54) is 0 Å². The van der Waals surface area contributed by atoms with Crippen LogP contribution in [0.2, 0.25) is 0 Å². The van der Waals surface area contributed by atoms with E-state index in [0.29, 0.717) is 5.69 Å². The summed E-state index contributed by atoms with van der Waals surface area (Å²) in [6.45, 7) is 4.40. The van der Waals surface area contributed by atoms with E-state index in [-0.39, 0.29) is 10.9 Å². The molecule has 1 unspecified atom stereocenters. The maximum atomic E-state index is 11.5. The van der Waals surface area contributed by atoms with Gasteiger partial charge in [0.05, 0.1) is 22.8 Å². The van der Waals surface area contributed by atoms with Crippen LogP contribution in [-0.4, -0.2) is 20.7 Å². The van der Waals surface area contributed by atoms with Crippen molar-refractivity contribution in [3.63, 3.8) is 0 Å². The van der Waals surface area contributed by atoms with Crippen molar-refractivity contribution in [3.8, 4) is 0 Å². The van der Waals surface area contributed by atoms with Gasteiger partial charge in [0, 0.05) is 12.7 Å². The number of nitrogens with zero attached hydrogens (tertiary/aromatic N) is 2. The second kappa shape index (κ2) is 4.88. The zero-order chi connectivity index (χ0) is 11.4. The summed E-state index contributed by atoms with van der Waals surface area (Å²) in [4.78, 5) is 11.7. The fourth-order valence-corrected chi connectivity index (χ4v) is 1.09. The molecule has 0 spiro atoms. The molecule has 1 atom stereocenters. The molecule has 1 aromatic heterocycles. The maximum absolute atomic E-state index is 11.5. The largest absolute Gasteiger partial charge is 0.393 e. The highest BCUT2D eigenvalue weighted by molar-refractivity contribution is 7.80. The summed E-state index contributed by atoms with van der Waals surface area (Å²) in [5.41, 5.74) is 6.03. The Hall–Kier alpha value is -1.43. The second-order valence-electron chi connectivity index (χ2n) is 3.20. The van der Waals surface area contributed by atoms with Gasteiger partial charge in [-0.05, 0) is 13.8 Å². The lowest BCUT2D eigenvalue weighted by atomic mass is 10.1. The van der Waals surface area contributed by atoms with Gasteiger partial charge in [0.25, 0.3) is 0 Å². The monoisotopic (exact) mass is 226 g/mol. The number of amides is 1. The number of rotatable bonds is 4. The molecule has 0 saturated carbocycles. The van der Waals surface area contributed by atoms with Gasteiger partial charge in [-0.1, -0.05) is 12.2 Å². The predicted octanol–water partition coefficient (Wildman–Crippen LogP) is 0.764. The summed E-state index contributed by atoms with van der Waals surface area (Å²) in [7, 11) is 0. The van der Waals surface area contributed by atoms with Crippen LogP contribution in [0.1, 0.15) is 13.8 Å². The van der Waals surface area contributed by atoms with E-state index < -0.39 is 5.92 Å². The summed E-state index contributed by atoms with van der Waals surface area (Å²) in [6, 6.07) is 0. The molecule has 3 N–H and O–H groups in total. The molecular weight excluding hydrogens is 212 g/mol. The average molecular weight is 226 g/mol. The van der Waals surface area contributed by atoms with E-state index in [1.807, 2.05) is 6.92 Å². The predicted molar refractivity (Wildman–Crippen MR) is 62.5 cm³/mol. The van der Waals surface area contributed by atoms with Gasteiger partial charge in [-0.2, -0.15) is 5.10 Å². The van der Waals surface area contributed by atoms with Crippen molar-refractivity contribution < 1.29 is 4.79 Å². The number of anilines is 1. The van der Waals surface area contributed by atoms with Gasteiger partial charge in [0.1, 0.15) is 0 Å². The molecule has 0 bridgehead atoms. The van der Waals surface area contributed by atoms with Crippen molar-refractivity contribution in [2.45, 2.75) is 20.4 Å². The Morgan fingerprint density at radius 3 is 2.93 bits per heavy atom. The van der Waals surface area contributed by atoms with Crippen LogP contribution >= 0.6 is 12.2 Å². The van der Waals surface area contributed by atoms with Crippen LogP contribution in [0.5, 0.6) is 0 Å². The molecule has 0 aliphatic carbocycles. The second-order valence-corrected chi connectivity index (χ2v) is 3.67. The number of aromatic nitrogens is 2. The summed E-state index contributed by atoms with van der Waals surface area (Å²) >= 11 is 4.73. The fraction of sp³-hybridized carbons (Fsp3) is 0.444. The quantitative estimate of drug-likeness (QED) is 0.744. The number of carbonyl (C=O) groups is 1. The topological polar surface area (TPSA) is 72.9 Å². The Morgan fingerprint density at radius 2 is 2.47 bits per heavy atom. The third-order valence-electron chi connectivity index (χ3n) is 2.04. The Labute approximate surface area is 93.6 Å². The van der Waals surface area contributed by atoms with Gasteiger partial charge < -0.3 is 11.1 Å². The molecule has 1 aromatic rings. The molecule has 15 heavy (non-hydrogen) atoms. The fourth-order valence-electron chi connectivity index (χ4n) is 0.981. The van der Waals surface area contributed by atoms with Crippen LogP contribution < -0.4 is 11.1 Å². The highest BCUT2D eigenvalue weighted by Gasteiger charge is 2.15. The van der Waals surface area contributed by atoms with Crippen LogP contribution in [0.25, 0.3) is 0 Å². The molecular formula is C9H14N4OS. The number of hydrogen-bond acceptors (Lipinski definition) is 3. The number of carbonyl (C=O) groups excluding carboxylic acids is 1. The lowest BCUT2D eigenvalue weighted by Crippen LogP contribution is -2.30. The van der Waals surface area contributed by atoms with E-state index in [2.05, 4.69) is 10.4 Å². The zero-order valence-corrected chi connectivity index (χ0v) is 9.54. The molecule has 1 rings (SSSR count). The number of aryl methyl sites for hydroxylation is 1. The van der Waals surface area contributed by atoms with Gasteiger partial charge >= 0.3 is 0 Å². The third kappa shape index (κ3) is 3.02. The molecule has 0 aliphatic rings. The molecule has 0 radical (unpaired) electrons. The number of nitrogens with one attached hydrogen (secondary N) is 1. The molecule has 0 aliphatic heterocycles. The first-order valence-electron chi connectivity index (χ1n) is 4.67.